The molecule has 10 aromatic rings. The fourth-order valence-corrected chi connectivity index (χ4v) is 10.4. The molecule has 372 valence electrons. The van der Waals surface area contributed by atoms with Gasteiger partial charge in [-0.25, -0.2) is 0 Å². The van der Waals surface area contributed by atoms with Crippen molar-refractivity contribution in [3.63, 3.8) is 0 Å². The highest BCUT2D eigenvalue weighted by Crippen LogP contribution is 2.41. The van der Waals surface area contributed by atoms with E-state index in [1.54, 1.807) is 0 Å². The SMILES string of the molecule is Cc1ccc(-c2ccc(-c3ccccc3-c3cc(CCc4ccc(-c5cc(CC(C)(C)C)ccn5)cc4)cc(CCc4ccc(-c5cc(CC(C)(C)C)ccn5)cc4)c3)c(-c3ccc(-c4ccccc4)cc3)c2)nc1. The van der Waals surface area contributed by atoms with Gasteiger partial charge in [-0.05, 0) is 176 Å². The number of aromatic nitrogens is 3. The van der Waals surface area contributed by atoms with Crippen LogP contribution in [0.4, 0.5) is 0 Å². The van der Waals surface area contributed by atoms with Gasteiger partial charge in [-0.15, -0.1) is 0 Å². The van der Waals surface area contributed by atoms with Gasteiger partial charge in [0.1, 0.15) is 0 Å². The van der Waals surface area contributed by atoms with Crippen molar-refractivity contribution in [1.82, 2.24) is 15.0 Å². The highest BCUT2D eigenvalue weighted by Gasteiger charge is 2.18. The largest absolute Gasteiger partial charge is 0.256 e. The van der Waals surface area contributed by atoms with E-state index in [0.29, 0.717) is 0 Å². The Morgan fingerprint density at radius 1 is 0.293 bits per heavy atom. The van der Waals surface area contributed by atoms with Gasteiger partial charge in [0.2, 0.25) is 0 Å². The van der Waals surface area contributed by atoms with Crippen molar-refractivity contribution >= 4 is 0 Å². The van der Waals surface area contributed by atoms with Crippen molar-refractivity contribution in [3.05, 3.63) is 258 Å². The maximum atomic E-state index is 4.86. The van der Waals surface area contributed by atoms with Crippen LogP contribution >= 0.6 is 0 Å². The average molecular weight is 976 g/mol. The highest BCUT2D eigenvalue weighted by atomic mass is 14.7. The van der Waals surface area contributed by atoms with Gasteiger partial charge in [-0.3, -0.25) is 15.0 Å². The van der Waals surface area contributed by atoms with Gasteiger partial charge >= 0.3 is 0 Å². The molecule has 0 bridgehead atoms. The van der Waals surface area contributed by atoms with E-state index in [-0.39, 0.29) is 10.8 Å². The van der Waals surface area contributed by atoms with Gasteiger partial charge in [-0.1, -0.05) is 205 Å². The molecule has 0 saturated heterocycles. The quantitative estimate of drug-likeness (QED) is 0.103. The van der Waals surface area contributed by atoms with E-state index in [2.05, 4.69) is 249 Å². The lowest BCUT2D eigenvalue weighted by Crippen LogP contribution is -2.09. The Morgan fingerprint density at radius 2 is 0.760 bits per heavy atom. The zero-order valence-corrected chi connectivity index (χ0v) is 44.9. The van der Waals surface area contributed by atoms with Gasteiger partial charge in [0.25, 0.3) is 0 Å². The topological polar surface area (TPSA) is 38.7 Å². The van der Waals surface area contributed by atoms with Gasteiger partial charge in [0.05, 0.1) is 17.1 Å². The Labute approximate surface area is 446 Å². The molecule has 0 amide bonds. The van der Waals surface area contributed by atoms with Gasteiger partial charge in [0.15, 0.2) is 0 Å². The molecule has 7 aromatic carbocycles. The van der Waals surface area contributed by atoms with E-state index in [4.69, 9.17) is 15.0 Å². The maximum absolute atomic E-state index is 4.86. The summed E-state index contributed by atoms with van der Waals surface area (Å²) in [6, 6.07) is 74.1. The first-order valence-electron chi connectivity index (χ1n) is 26.8. The van der Waals surface area contributed by atoms with E-state index in [9.17, 15) is 0 Å². The molecule has 0 aliphatic heterocycles. The van der Waals surface area contributed by atoms with Crippen LogP contribution in [0.3, 0.4) is 0 Å². The Bertz CT molecular complexity index is 3390. The monoisotopic (exact) mass is 976 g/mol. The molecule has 3 heterocycles. The molecule has 0 fully saturated rings. The molecule has 0 radical (unpaired) electrons. The molecule has 3 heteroatoms. The Kier molecular flexibility index (Phi) is 15.0. The summed E-state index contributed by atoms with van der Waals surface area (Å²) in [6.45, 7) is 15.8. The molecule has 0 saturated carbocycles. The maximum Gasteiger partial charge on any atom is 0.0704 e. The number of hydrogen-bond acceptors (Lipinski definition) is 3. The van der Waals surface area contributed by atoms with E-state index in [1.807, 2.05) is 18.6 Å². The van der Waals surface area contributed by atoms with Crippen LogP contribution in [0.25, 0.3) is 78.3 Å². The predicted molar refractivity (Wildman–Crippen MR) is 317 cm³/mol. The number of pyridine rings is 3. The van der Waals surface area contributed by atoms with Crippen LogP contribution in [0.5, 0.6) is 0 Å². The molecule has 0 aliphatic carbocycles. The summed E-state index contributed by atoms with van der Waals surface area (Å²) in [5, 5.41) is 0. The summed E-state index contributed by atoms with van der Waals surface area (Å²) in [5.74, 6) is 0. The van der Waals surface area contributed by atoms with E-state index < -0.39 is 0 Å². The fourth-order valence-electron chi connectivity index (χ4n) is 10.4. The molecule has 75 heavy (non-hydrogen) atoms. The standard InChI is InChI=1S/C72H69N3/c1-50-17-36-68(75-49-50)62-34-35-66(67(46-62)59-32-30-58(31-33-59)57-13-9-8-10-14-57)65-16-12-11-15-64(65)63-42-53(20-18-51-22-26-60(27-23-51)69-44-55(37-39-73-69)47-71(2,3)4)41-54(43-63)21-19-52-24-28-61(29-25-52)70-45-56(38-40-74-70)48-72(5,6)7/h8-17,22-46,49H,18-21,47-48H2,1-7H3. The Morgan fingerprint density at radius 3 is 1.29 bits per heavy atom. The lowest BCUT2D eigenvalue weighted by atomic mass is 9.86. The first-order chi connectivity index (χ1) is 36.2. The third-order valence-corrected chi connectivity index (χ3v) is 14.1. The van der Waals surface area contributed by atoms with Gasteiger partial charge < -0.3 is 0 Å². The number of rotatable bonds is 15. The normalized spacial score (nSPS) is 11.7. The number of hydrogen-bond donors (Lipinski definition) is 0. The van der Waals surface area contributed by atoms with Crippen LogP contribution in [-0.2, 0) is 38.5 Å². The third kappa shape index (κ3) is 13.0. The minimum absolute atomic E-state index is 0.217. The van der Waals surface area contributed by atoms with Crippen LogP contribution in [0, 0.1) is 17.8 Å². The lowest BCUT2D eigenvalue weighted by molar-refractivity contribution is 0.411. The smallest absolute Gasteiger partial charge is 0.0704 e. The molecule has 0 aliphatic rings. The fraction of sp³-hybridized carbons (Fsp3) is 0.208. The Hall–Kier alpha value is -8.01. The van der Waals surface area contributed by atoms with Crippen molar-refractivity contribution in [2.45, 2.75) is 87.0 Å². The predicted octanol–water partition coefficient (Wildman–Crippen LogP) is 18.6. The summed E-state index contributed by atoms with van der Waals surface area (Å²) in [6.07, 6.45) is 11.6. The highest BCUT2D eigenvalue weighted by molar-refractivity contribution is 5.94. The molecule has 10 rings (SSSR count). The van der Waals surface area contributed by atoms with Crippen molar-refractivity contribution in [2.24, 2.45) is 10.8 Å². The summed E-state index contributed by atoms with van der Waals surface area (Å²) < 4.78 is 0. The second-order valence-corrected chi connectivity index (χ2v) is 23.0. The van der Waals surface area contributed by atoms with Crippen LogP contribution < -0.4 is 0 Å². The van der Waals surface area contributed by atoms with Crippen LogP contribution in [0.2, 0.25) is 0 Å². The minimum Gasteiger partial charge on any atom is -0.256 e. The second-order valence-electron chi connectivity index (χ2n) is 23.0. The molecule has 0 spiro atoms. The lowest BCUT2D eigenvalue weighted by Gasteiger charge is -2.18. The first kappa shape index (κ1) is 50.5. The number of nitrogens with zero attached hydrogens (tertiary/aromatic N) is 3. The molecular formula is C72H69N3. The summed E-state index contributed by atoms with van der Waals surface area (Å²) in [7, 11) is 0. The van der Waals surface area contributed by atoms with Gasteiger partial charge in [0, 0.05) is 35.3 Å². The van der Waals surface area contributed by atoms with Crippen molar-refractivity contribution in [1.29, 1.82) is 0 Å². The zero-order chi connectivity index (χ0) is 51.9. The zero-order valence-electron chi connectivity index (χ0n) is 44.9. The summed E-state index contributed by atoms with van der Waals surface area (Å²) in [5.41, 5.74) is 25.6. The molecule has 3 aromatic heterocycles. The third-order valence-electron chi connectivity index (χ3n) is 14.1. The summed E-state index contributed by atoms with van der Waals surface area (Å²) in [4.78, 5) is 14.4. The van der Waals surface area contributed by atoms with Crippen molar-refractivity contribution in [3.8, 4) is 78.3 Å². The van der Waals surface area contributed by atoms with Gasteiger partial charge in [-0.2, -0.15) is 0 Å². The van der Waals surface area contributed by atoms with E-state index in [1.165, 1.54) is 77.9 Å². The van der Waals surface area contributed by atoms with Crippen LogP contribution in [0.1, 0.15) is 80.5 Å². The second kappa shape index (κ2) is 22.2. The van der Waals surface area contributed by atoms with Crippen LogP contribution in [0.15, 0.2) is 219 Å². The van der Waals surface area contributed by atoms with Crippen LogP contribution in [-0.4, -0.2) is 15.0 Å². The number of aryl methyl sites for hydroxylation is 5. The average Bonchev–Trinajstić information content (AvgIpc) is 3.42. The molecule has 0 N–H and O–H groups in total. The number of benzene rings is 7. The van der Waals surface area contributed by atoms with Crippen molar-refractivity contribution in [2.75, 3.05) is 0 Å². The molecule has 0 unspecified atom stereocenters. The minimum atomic E-state index is 0.217. The molecular weight excluding hydrogens is 907 g/mol. The summed E-state index contributed by atoms with van der Waals surface area (Å²) >= 11 is 0. The van der Waals surface area contributed by atoms with Crippen molar-refractivity contribution < 1.29 is 0 Å². The molecule has 0 atom stereocenters. The molecule has 3 nitrogen and oxygen atoms in total. The van der Waals surface area contributed by atoms with E-state index in [0.717, 1.165) is 77.9 Å². The first-order valence-corrected chi connectivity index (χ1v) is 26.8. The van der Waals surface area contributed by atoms with E-state index >= 15 is 0 Å². The Balaban J connectivity index is 0.985.